The van der Waals surface area contributed by atoms with Gasteiger partial charge in [-0.1, -0.05) is 11.6 Å². The van der Waals surface area contributed by atoms with Crippen LogP contribution in [0.15, 0.2) is 18.2 Å². The molecular formula is C10H9ClN2O6. The molecule has 0 saturated carbocycles. The molecule has 9 heteroatoms. The summed E-state index contributed by atoms with van der Waals surface area (Å²) in [6.45, 7) is -1.11. The van der Waals surface area contributed by atoms with Crippen molar-refractivity contribution in [2.75, 3.05) is 18.5 Å². The van der Waals surface area contributed by atoms with E-state index < -0.39 is 30.0 Å². The van der Waals surface area contributed by atoms with E-state index in [0.29, 0.717) is 0 Å². The molecule has 0 unspecified atom stereocenters. The van der Waals surface area contributed by atoms with E-state index in [1.165, 1.54) is 12.1 Å². The maximum atomic E-state index is 11.4. The minimum absolute atomic E-state index is 0.0554. The van der Waals surface area contributed by atoms with Gasteiger partial charge in [0.25, 0.3) is 5.69 Å². The Kier molecular flexibility index (Phi) is 5.22. The van der Waals surface area contributed by atoms with Crippen molar-refractivity contribution < 1.29 is 24.4 Å². The first-order valence-electron chi connectivity index (χ1n) is 4.93. The summed E-state index contributed by atoms with van der Waals surface area (Å²) in [6.07, 6.45) is 0. The van der Waals surface area contributed by atoms with Gasteiger partial charge in [-0.15, -0.1) is 0 Å². The smallest absolute Gasteiger partial charge is 0.329 e. The van der Waals surface area contributed by atoms with Crippen molar-refractivity contribution >= 4 is 34.9 Å². The van der Waals surface area contributed by atoms with Gasteiger partial charge in [-0.2, -0.15) is 0 Å². The molecule has 0 aliphatic carbocycles. The lowest BCUT2D eigenvalue weighted by Crippen LogP contribution is -2.20. The summed E-state index contributed by atoms with van der Waals surface area (Å²) in [6, 6.07) is 3.56. The molecule has 0 fully saturated rings. The minimum Gasteiger partial charge on any atom is -0.480 e. The number of halogens is 1. The van der Waals surface area contributed by atoms with E-state index >= 15 is 0 Å². The zero-order valence-electron chi connectivity index (χ0n) is 9.46. The summed E-state index contributed by atoms with van der Waals surface area (Å²) in [5, 5.41) is 21.3. The van der Waals surface area contributed by atoms with Crippen molar-refractivity contribution in [3.63, 3.8) is 0 Å². The Balaban J connectivity index is 2.65. The molecule has 0 aliphatic heterocycles. The SMILES string of the molecule is O=C(O)COCC(=O)Nc1cc([N+](=O)[O-])ccc1Cl. The van der Waals surface area contributed by atoms with Crippen molar-refractivity contribution in [3.8, 4) is 0 Å². The van der Waals surface area contributed by atoms with Crippen LogP contribution in [-0.2, 0) is 14.3 Å². The molecule has 8 nitrogen and oxygen atoms in total. The topological polar surface area (TPSA) is 119 Å². The number of hydrogen-bond acceptors (Lipinski definition) is 5. The predicted octanol–water partition coefficient (Wildman–Crippen LogP) is 1.29. The number of non-ortho nitro benzene ring substituents is 1. The van der Waals surface area contributed by atoms with Crippen LogP contribution in [-0.4, -0.2) is 35.1 Å². The molecule has 2 N–H and O–H groups in total. The lowest BCUT2D eigenvalue weighted by Gasteiger charge is -2.06. The van der Waals surface area contributed by atoms with E-state index in [9.17, 15) is 19.7 Å². The summed E-state index contributed by atoms with van der Waals surface area (Å²) in [7, 11) is 0. The van der Waals surface area contributed by atoms with Crippen LogP contribution in [0.2, 0.25) is 5.02 Å². The van der Waals surface area contributed by atoms with Gasteiger partial charge < -0.3 is 15.2 Å². The molecule has 0 aliphatic rings. The normalized spacial score (nSPS) is 9.95. The van der Waals surface area contributed by atoms with Gasteiger partial charge in [0.2, 0.25) is 5.91 Å². The van der Waals surface area contributed by atoms with Crippen LogP contribution in [0.3, 0.4) is 0 Å². The third kappa shape index (κ3) is 4.90. The van der Waals surface area contributed by atoms with Crippen LogP contribution in [0.5, 0.6) is 0 Å². The van der Waals surface area contributed by atoms with Gasteiger partial charge in [-0.3, -0.25) is 14.9 Å². The molecule has 0 spiro atoms. The number of amides is 1. The van der Waals surface area contributed by atoms with Gasteiger partial charge in [-0.25, -0.2) is 4.79 Å². The molecule has 0 bridgehead atoms. The quantitative estimate of drug-likeness (QED) is 0.601. The summed E-state index contributed by atoms with van der Waals surface area (Å²) in [4.78, 5) is 31.5. The van der Waals surface area contributed by atoms with Crippen LogP contribution in [0, 0.1) is 10.1 Å². The molecule has 19 heavy (non-hydrogen) atoms. The molecule has 0 heterocycles. The number of anilines is 1. The number of carboxylic acids is 1. The highest BCUT2D eigenvalue weighted by atomic mass is 35.5. The molecular weight excluding hydrogens is 280 g/mol. The largest absolute Gasteiger partial charge is 0.480 e. The van der Waals surface area contributed by atoms with E-state index in [1.54, 1.807) is 0 Å². The Labute approximate surface area is 112 Å². The first-order valence-corrected chi connectivity index (χ1v) is 5.31. The van der Waals surface area contributed by atoms with Crippen molar-refractivity contribution in [1.29, 1.82) is 0 Å². The molecule has 1 rings (SSSR count). The lowest BCUT2D eigenvalue weighted by molar-refractivity contribution is -0.384. The summed E-state index contributed by atoms with van der Waals surface area (Å²) in [5.41, 5.74) is -0.175. The Morgan fingerprint density at radius 3 is 2.68 bits per heavy atom. The second kappa shape index (κ2) is 6.66. The van der Waals surface area contributed by atoms with Gasteiger partial charge in [0.1, 0.15) is 13.2 Å². The van der Waals surface area contributed by atoms with E-state index in [1.807, 2.05) is 0 Å². The highest BCUT2D eigenvalue weighted by molar-refractivity contribution is 6.33. The molecule has 0 radical (unpaired) electrons. The molecule has 102 valence electrons. The van der Waals surface area contributed by atoms with E-state index in [2.05, 4.69) is 10.1 Å². The van der Waals surface area contributed by atoms with Crippen molar-refractivity contribution in [2.45, 2.75) is 0 Å². The number of hydrogen-bond donors (Lipinski definition) is 2. The van der Waals surface area contributed by atoms with E-state index in [4.69, 9.17) is 16.7 Å². The fraction of sp³-hybridized carbons (Fsp3) is 0.200. The molecule has 0 saturated heterocycles. The lowest BCUT2D eigenvalue weighted by atomic mass is 10.3. The van der Waals surface area contributed by atoms with E-state index in [0.717, 1.165) is 6.07 Å². The van der Waals surface area contributed by atoms with Gasteiger partial charge in [0, 0.05) is 12.1 Å². The molecule has 0 aromatic heterocycles. The summed E-state index contributed by atoms with van der Waals surface area (Å²) >= 11 is 5.76. The number of carboxylic acid groups (broad SMARTS) is 1. The van der Waals surface area contributed by atoms with Gasteiger partial charge in [0.15, 0.2) is 0 Å². The predicted molar refractivity (Wildman–Crippen MR) is 65.2 cm³/mol. The molecule has 0 atom stereocenters. The second-order valence-electron chi connectivity index (χ2n) is 3.36. The van der Waals surface area contributed by atoms with Crippen LogP contribution in [0.25, 0.3) is 0 Å². The van der Waals surface area contributed by atoms with Crippen molar-refractivity contribution in [3.05, 3.63) is 33.3 Å². The third-order valence-electron chi connectivity index (χ3n) is 1.89. The number of nitro benzene ring substituents is 1. The Morgan fingerprint density at radius 2 is 2.11 bits per heavy atom. The molecule has 1 aromatic rings. The average Bonchev–Trinajstić information content (AvgIpc) is 2.31. The van der Waals surface area contributed by atoms with Crippen LogP contribution < -0.4 is 5.32 Å². The average molecular weight is 289 g/mol. The highest BCUT2D eigenvalue weighted by Crippen LogP contribution is 2.26. The number of ether oxygens (including phenoxy) is 1. The summed E-state index contributed by atoms with van der Waals surface area (Å²) < 4.78 is 4.56. The number of rotatable bonds is 6. The van der Waals surface area contributed by atoms with Crippen LogP contribution >= 0.6 is 11.6 Å². The Bertz CT molecular complexity index is 519. The van der Waals surface area contributed by atoms with Gasteiger partial charge in [0.05, 0.1) is 15.6 Å². The monoisotopic (exact) mass is 288 g/mol. The number of carbonyl (C=O) groups is 2. The molecule has 1 aromatic carbocycles. The Hall–Kier alpha value is -2.19. The fourth-order valence-corrected chi connectivity index (χ4v) is 1.30. The zero-order chi connectivity index (χ0) is 14.4. The third-order valence-corrected chi connectivity index (χ3v) is 2.22. The minimum atomic E-state index is -1.21. The number of nitrogens with one attached hydrogen (secondary N) is 1. The summed E-state index contributed by atoms with van der Waals surface area (Å²) in [5.74, 6) is -1.87. The second-order valence-corrected chi connectivity index (χ2v) is 3.76. The number of benzene rings is 1. The van der Waals surface area contributed by atoms with Gasteiger partial charge >= 0.3 is 5.97 Å². The number of nitrogens with zero attached hydrogens (tertiary/aromatic N) is 1. The zero-order valence-corrected chi connectivity index (χ0v) is 10.2. The van der Waals surface area contributed by atoms with Crippen LogP contribution in [0.4, 0.5) is 11.4 Å². The van der Waals surface area contributed by atoms with Gasteiger partial charge in [-0.05, 0) is 6.07 Å². The number of nitro groups is 1. The Morgan fingerprint density at radius 1 is 1.42 bits per heavy atom. The maximum Gasteiger partial charge on any atom is 0.329 e. The maximum absolute atomic E-state index is 11.4. The number of carbonyl (C=O) groups excluding carboxylic acids is 1. The first-order chi connectivity index (χ1) is 8.90. The van der Waals surface area contributed by atoms with Crippen molar-refractivity contribution in [2.24, 2.45) is 0 Å². The standard InChI is InChI=1S/C10H9ClN2O6/c11-7-2-1-6(13(17)18)3-8(7)12-9(14)4-19-5-10(15)16/h1-3H,4-5H2,(H,12,14)(H,15,16). The highest BCUT2D eigenvalue weighted by Gasteiger charge is 2.12. The first kappa shape index (κ1) is 14.9. The van der Waals surface area contributed by atoms with E-state index in [-0.39, 0.29) is 16.4 Å². The van der Waals surface area contributed by atoms with Crippen LogP contribution in [0.1, 0.15) is 0 Å². The molecule has 1 amide bonds. The number of aliphatic carboxylic acids is 1. The van der Waals surface area contributed by atoms with Crippen molar-refractivity contribution in [1.82, 2.24) is 0 Å². The fourth-order valence-electron chi connectivity index (χ4n) is 1.14.